The molecule has 0 saturated carbocycles. The molecule has 88 valence electrons. The number of aryl methyl sites for hydroxylation is 1. The molecule has 0 atom stereocenters. The Bertz CT molecular complexity index is 449. The molecule has 0 aromatic heterocycles. The average molecular weight is 225 g/mol. The Hall–Kier alpha value is -1.76. The molecule has 1 aliphatic rings. The van der Waals surface area contributed by atoms with Gasteiger partial charge in [0.25, 0.3) is 0 Å². The van der Waals surface area contributed by atoms with Crippen molar-refractivity contribution in [3.8, 4) is 0 Å². The van der Waals surface area contributed by atoms with Crippen molar-refractivity contribution in [2.75, 3.05) is 0 Å². The van der Waals surface area contributed by atoms with Crippen molar-refractivity contribution in [1.82, 2.24) is 5.32 Å². The molecular formula is C16H19N. The van der Waals surface area contributed by atoms with E-state index in [9.17, 15) is 0 Å². The first-order valence-electron chi connectivity index (χ1n) is 6.11. The predicted octanol–water partition coefficient (Wildman–Crippen LogP) is 3.87. The smallest absolute Gasteiger partial charge is 0.0338 e. The molecule has 0 aliphatic heterocycles. The quantitative estimate of drug-likeness (QED) is 0.820. The lowest BCUT2D eigenvalue weighted by molar-refractivity contribution is 0.900. The van der Waals surface area contributed by atoms with E-state index in [4.69, 9.17) is 0 Å². The topological polar surface area (TPSA) is 12.0 Å². The molecular weight excluding hydrogens is 206 g/mol. The van der Waals surface area contributed by atoms with Gasteiger partial charge in [-0.05, 0) is 31.4 Å². The standard InChI is InChI=1S/C16H19N/c1-13-8-10-15(11-9-13)12-14(2)17-16-6-4-3-5-7-16/h4,6-11,17H,2-3,5,12H2,1H3. The minimum Gasteiger partial charge on any atom is -0.359 e. The van der Waals surface area contributed by atoms with Crippen molar-refractivity contribution in [1.29, 1.82) is 0 Å². The van der Waals surface area contributed by atoms with Crippen molar-refractivity contribution < 1.29 is 0 Å². The van der Waals surface area contributed by atoms with E-state index in [1.54, 1.807) is 0 Å². The van der Waals surface area contributed by atoms with Crippen LogP contribution in [0.4, 0.5) is 0 Å². The van der Waals surface area contributed by atoms with Crippen LogP contribution < -0.4 is 5.32 Å². The van der Waals surface area contributed by atoms with Gasteiger partial charge in [-0.25, -0.2) is 0 Å². The van der Waals surface area contributed by atoms with Crippen molar-refractivity contribution in [2.45, 2.75) is 26.2 Å². The van der Waals surface area contributed by atoms with Crippen LogP contribution in [0.1, 0.15) is 24.0 Å². The lowest BCUT2D eigenvalue weighted by atomic mass is 10.1. The van der Waals surface area contributed by atoms with Gasteiger partial charge in [0.15, 0.2) is 0 Å². The van der Waals surface area contributed by atoms with E-state index in [1.807, 2.05) is 0 Å². The SMILES string of the molecule is C=C(Cc1ccc(C)cc1)NC1=CCCC=C1. The number of benzene rings is 1. The molecule has 2 rings (SSSR count). The maximum atomic E-state index is 4.08. The summed E-state index contributed by atoms with van der Waals surface area (Å²) in [6, 6.07) is 8.60. The normalized spacial score (nSPS) is 14.3. The summed E-state index contributed by atoms with van der Waals surface area (Å²) in [7, 11) is 0. The van der Waals surface area contributed by atoms with Crippen molar-refractivity contribution >= 4 is 0 Å². The van der Waals surface area contributed by atoms with E-state index in [1.165, 1.54) is 16.8 Å². The van der Waals surface area contributed by atoms with Gasteiger partial charge in [0, 0.05) is 17.8 Å². The summed E-state index contributed by atoms with van der Waals surface area (Å²) in [6.45, 7) is 6.19. The molecule has 1 N–H and O–H groups in total. The van der Waals surface area contributed by atoms with Gasteiger partial charge in [-0.2, -0.15) is 0 Å². The third kappa shape index (κ3) is 3.63. The Morgan fingerprint density at radius 3 is 2.65 bits per heavy atom. The highest BCUT2D eigenvalue weighted by Gasteiger charge is 2.00. The first kappa shape index (κ1) is 11.7. The molecule has 1 aromatic rings. The predicted molar refractivity (Wildman–Crippen MR) is 73.6 cm³/mol. The maximum Gasteiger partial charge on any atom is 0.0338 e. The van der Waals surface area contributed by atoms with Gasteiger partial charge < -0.3 is 5.32 Å². The average Bonchev–Trinajstić information content (AvgIpc) is 2.33. The highest BCUT2D eigenvalue weighted by Crippen LogP contribution is 2.11. The second-order valence-corrected chi connectivity index (χ2v) is 4.53. The van der Waals surface area contributed by atoms with Crippen LogP contribution in [0.15, 0.2) is 60.5 Å². The zero-order valence-electron chi connectivity index (χ0n) is 10.4. The van der Waals surface area contributed by atoms with Gasteiger partial charge in [-0.1, -0.05) is 48.6 Å². The second-order valence-electron chi connectivity index (χ2n) is 4.53. The lowest BCUT2D eigenvalue weighted by Gasteiger charge is -2.13. The largest absolute Gasteiger partial charge is 0.359 e. The second kappa shape index (κ2) is 5.53. The fraction of sp³-hybridized carbons (Fsp3) is 0.250. The molecule has 0 heterocycles. The van der Waals surface area contributed by atoms with Gasteiger partial charge in [0.1, 0.15) is 0 Å². The van der Waals surface area contributed by atoms with Crippen LogP contribution >= 0.6 is 0 Å². The Morgan fingerprint density at radius 2 is 2.00 bits per heavy atom. The molecule has 0 fully saturated rings. The van der Waals surface area contributed by atoms with Crippen LogP contribution in [0, 0.1) is 6.92 Å². The summed E-state index contributed by atoms with van der Waals surface area (Å²) < 4.78 is 0. The summed E-state index contributed by atoms with van der Waals surface area (Å²) in [5.74, 6) is 0. The van der Waals surface area contributed by atoms with Gasteiger partial charge in [-0.3, -0.25) is 0 Å². The van der Waals surface area contributed by atoms with E-state index in [0.29, 0.717) is 0 Å². The molecule has 0 bridgehead atoms. The summed E-state index contributed by atoms with van der Waals surface area (Å²) in [5.41, 5.74) is 4.82. The molecule has 1 aromatic carbocycles. The molecule has 0 radical (unpaired) electrons. The van der Waals surface area contributed by atoms with Gasteiger partial charge >= 0.3 is 0 Å². The monoisotopic (exact) mass is 225 g/mol. The maximum absolute atomic E-state index is 4.08. The van der Waals surface area contributed by atoms with Gasteiger partial charge in [0.2, 0.25) is 0 Å². The third-order valence-electron chi connectivity index (χ3n) is 2.85. The zero-order chi connectivity index (χ0) is 12.1. The number of rotatable bonds is 4. The Balaban J connectivity index is 1.91. The highest BCUT2D eigenvalue weighted by molar-refractivity contribution is 5.28. The number of allylic oxidation sites excluding steroid dienone is 4. The summed E-state index contributed by atoms with van der Waals surface area (Å²) in [6.07, 6.45) is 9.70. The van der Waals surface area contributed by atoms with Gasteiger partial charge in [-0.15, -0.1) is 0 Å². The zero-order valence-corrected chi connectivity index (χ0v) is 10.4. The van der Waals surface area contributed by atoms with Crippen LogP contribution in [0.25, 0.3) is 0 Å². The van der Waals surface area contributed by atoms with E-state index in [0.717, 1.165) is 25.0 Å². The molecule has 0 spiro atoms. The van der Waals surface area contributed by atoms with Crippen molar-refractivity contribution in [3.05, 3.63) is 71.6 Å². The van der Waals surface area contributed by atoms with Crippen LogP contribution in [0.5, 0.6) is 0 Å². The molecule has 0 unspecified atom stereocenters. The van der Waals surface area contributed by atoms with E-state index < -0.39 is 0 Å². The number of nitrogens with one attached hydrogen (secondary N) is 1. The molecule has 1 heteroatoms. The van der Waals surface area contributed by atoms with Gasteiger partial charge in [0.05, 0.1) is 0 Å². The summed E-state index contributed by atoms with van der Waals surface area (Å²) >= 11 is 0. The first-order chi connectivity index (χ1) is 8.24. The Morgan fingerprint density at radius 1 is 1.24 bits per heavy atom. The fourth-order valence-electron chi connectivity index (χ4n) is 1.91. The summed E-state index contributed by atoms with van der Waals surface area (Å²) in [4.78, 5) is 0. The van der Waals surface area contributed by atoms with Crippen molar-refractivity contribution in [2.24, 2.45) is 0 Å². The fourth-order valence-corrected chi connectivity index (χ4v) is 1.91. The molecule has 1 aliphatic carbocycles. The Kier molecular flexibility index (Phi) is 3.81. The first-order valence-corrected chi connectivity index (χ1v) is 6.11. The number of hydrogen-bond donors (Lipinski definition) is 1. The van der Waals surface area contributed by atoms with Crippen LogP contribution in [0.3, 0.4) is 0 Å². The van der Waals surface area contributed by atoms with Crippen molar-refractivity contribution in [3.63, 3.8) is 0 Å². The minimum atomic E-state index is 0.880. The van der Waals surface area contributed by atoms with E-state index >= 15 is 0 Å². The summed E-state index contributed by atoms with van der Waals surface area (Å²) in [5, 5.41) is 3.36. The van der Waals surface area contributed by atoms with E-state index in [2.05, 4.69) is 61.3 Å². The lowest BCUT2D eigenvalue weighted by Crippen LogP contribution is -2.13. The highest BCUT2D eigenvalue weighted by atomic mass is 14.9. The van der Waals surface area contributed by atoms with Crippen LogP contribution in [-0.2, 0) is 6.42 Å². The Labute approximate surface area is 104 Å². The van der Waals surface area contributed by atoms with Crippen LogP contribution in [0.2, 0.25) is 0 Å². The third-order valence-corrected chi connectivity index (χ3v) is 2.85. The molecule has 0 saturated heterocycles. The number of hydrogen-bond acceptors (Lipinski definition) is 1. The van der Waals surface area contributed by atoms with E-state index in [-0.39, 0.29) is 0 Å². The van der Waals surface area contributed by atoms with Crippen LogP contribution in [-0.4, -0.2) is 0 Å². The molecule has 1 nitrogen and oxygen atoms in total. The molecule has 17 heavy (non-hydrogen) atoms. The minimum absolute atomic E-state index is 0.880. The molecule has 0 amide bonds.